The zero-order chi connectivity index (χ0) is 23.5. The van der Waals surface area contributed by atoms with Gasteiger partial charge >= 0.3 is 0 Å². The molecule has 3 heterocycles. The molecule has 0 fully saturated rings. The highest BCUT2D eigenvalue weighted by Gasteiger charge is 2.20. The average molecular weight is 515 g/mol. The highest BCUT2D eigenvalue weighted by molar-refractivity contribution is 9.10. The van der Waals surface area contributed by atoms with E-state index in [-0.39, 0.29) is 5.56 Å². The van der Waals surface area contributed by atoms with Crippen molar-refractivity contribution in [2.75, 3.05) is 19.8 Å². The molecule has 4 N–H and O–H groups in total. The molecule has 5 rings (SSSR count). The average Bonchev–Trinajstić information content (AvgIpc) is 3.14. The number of fused-ring (bicyclic) bond motifs is 4. The number of aryl methyl sites for hydroxylation is 1. The topological polar surface area (TPSA) is 132 Å². The Morgan fingerprint density at radius 2 is 2.03 bits per heavy atom. The van der Waals surface area contributed by atoms with Crippen molar-refractivity contribution in [3.63, 3.8) is 0 Å². The number of ether oxygens (including phenoxy) is 2. The van der Waals surface area contributed by atoms with E-state index in [4.69, 9.17) is 30.1 Å². The number of hydrogen-bond donors (Lipinski definition) is 3. The van der Waals surface area contributed by atoms with E-state index in [1.807, 2.05) is 24.4 Å². The number of halogens is 1. The number of aliphatic carboxylic acids is 1. The first kappa shape index (κ1) is 22.8. The molecule has 0 radical (unpaired) electrons. The third-order valence-electron chi connectivity index (χ3n) is 5.07. The predicted molar refractivity (Wildman–Crippen MR) is 129 cm³/mol. The van der Waals surface area contributed by atoms with Gasteiger partial charge in [-0.05, 0) is 43.3 Å². The number of benzene rings is 2. The lowest BCUT2D eigenvalue weighted by Gasteiger charge is -2.19. The monoisotopic (exact) mass is 514 g/mol. The molecule has 10 heteroatoms. The van der Waals surface area contributed by atoms with Crippen LogP contribution in [-0.2, 0) is 11.3 Å². The first-order valence-corrected chi connectivity index (χ1v) is 11.2. The summed E-state index contributed by atoms with van der Waals surface area (Å²) in [5, 5.41) is 8.37. The zero-order valence-electron chi connectivity index (χ0n) is 17.9. The van der Waals surface area contributed by atoms with Gasteiger partial charge in [-0.3, -0.25) is 9.59 Å². The highest BCUT2D eigenvalue weighted by atomic mass is 79.9. The van der Waals surface area contributed by atoms with Gasteiger partial charge in [0.2, 0.25) is 0 Å². The molecular formula is C23H23BrN4O5. The standard InChI is InChI=1S/C21H19BrN4O3.C2H4O2/c22-12-2-4-16-13(10-12)14(11-26(16)7-1-6-23)18-21(27)24-15-3-5-17-20(19(15)25-18)29-9-8-28-17;1-2(3)4/h2-5,10-11H,1,6-9,23H2,(H,24,27);1H3,(H,3,4). The maximum atomic E-state index is 12.9. The third-order valence-corrected chi connectivity index (χ3v) is 5.56. The molecule has 1 aliphatic heterocycles. The number of nitrogens with zero attached hydrogens (tertiary/aromatic N) is 2. The lowest BCUT2D eigenvalue weighted by atomic mass is 10.1. The molecule has 2 aromatic carbocycles. The number of carboxylic acids is 1. The van der Waals surface area contributed by atoms with E-state index in [0.717, 1.165) is 40.8 Å². The van der Waals surface area contributed by atoms with E-state index >= 15 is 0 Å². The van der Waals surface area contributed by atoms with Crippen LogP contribution < -0.4 is 20.8 Å². The Morgan fingerprint density at radius 1 is 1.27 bits per heavy atom. The van der Waals surface area contributed by atoms with Gasteiger partial charge in [0.05, 0.1) is 5.52 Å². The van der Waals surface area contributed by atoms with Crippen molar-refractivity contribution < 1.29 is 19.4 Å². The summed E-state index contributed by atoms with van der Waals surface area (Å²) in [4.78, 5) is 29.6. The molecule has 0 unspecified atom stereocenters. The number of H-pyrrole nitrogens is 1. The van der Waals surface area contributed by atoms with Gasteiger partial charge in [0, 0.05) is 40.6 Å². The largest absolute Gasteiger partial charge is 0.486 e. The maximum Gasteiger partial charge on any atom is 0.300 e. The van der Waals surface area contributed by atoms with Crippen LogP contribution in [0.25, 0.3) is 33.2 Å². The molecule has 0 spiro atoms. The quantitative estimate of drug-likeness (QED) is 0.379. The number of nitrogens with one attached hydrogen (secondary N) is 1. The number of nitrogens with two attached hydrogens (primary N) is 1. The number of carbonyl (C=O) groups is 1. The minimum absolute atomic E-state index is 0.243. The first-order chi connectivity index (χ1) is 15.9. The van der Waals surface area contributed by atoms with Gasteiger partial charge in [0.1, 0.15) is 24.4 Å². The number of aromatic amines is 1. The first-order valence-electron chi connectivity index (χ1n) is 10.4. The molecule has 4 aromatic rings. The summed E-state index contributed by atoms with van der Waals surface area (Å²) < 4.78 is 14.5. The predicted octanol–water partition coefficient (Wildman–Crippen LogP) is 3.52. The molecular weight excluding hydrogens is 492 g/mol. The Labute approximate surface area is 197 Å². The molecule has 0 amide bonds. The Kier molecular flexibility index (Phi) is 6.66. The second kappa shape index (κ2) is 9.63. The van der Waals surface area contributed by atoms with Crippen LogP contribution >= 0.6 is 15.9 Å². The van der Waals surface area contributed by atoms with Crippen LogP contribution in [-0.4, -0.2) is 45.4 Å². The summed E-state index contributed by atoms with van der Waals surface area (Å²) in [7, 11) is 0. The molecule has 1 aliphatic rings. The lowest BCUT2D eigenvalue weighted by molar-refractivity contribution is -0.134. The van der Waals surface area contributed by atoms with Crippen LogP contribution in [0.4, 0.5) is 0 Å². The fourth-order valence-corrected chi connectivity index (χ4v) is 4.11. The third kappa shape index (κ3) is 4.71. The molecule has 9 nitrogen and oxygen atoms in total. The van der Waals surface area contributed by atoms with Crippen molar-refractivity contribution >= 4 is 43.8 Å². The Bertz CT molecular complexity index is 1390. The van der Waals surface area contributed by atoms with Gasteiger partial charge in [-0.2, -0.15) is 0 Å². The molecule has 0 saturated heterocycles. The molecule has 33 heavy (non-hydrogen) atoms. The summed E-state index contributed by atoms with van der Waals surface area (Å²) in [6.45, 7) is 3.40. The van der Waals surface area contributed by atoms with E-state index in [2.05, 4.69) is 25.5 Å². The van der Waals surface area contributed by atoms with Gasteiger partial charge in [-0.15, -0.1) is 0 Å². The van der Waals surface area contributed by atoms with Gasteiger partial charge in [0.25, 0.3) is 11.5 Å². The number of rotatable bonds is 4. The fraction of sp³-hybridized carbons (Fsp3) is 0.261. The van der Waals surface area contributed by atoms with Crippen molar-refractivity contribution in [3.05, 3.63) is 51.4 Å². The fourth-order valence-electron chi connectivity index (χ4n) is 3.74. The van der Waals surface area contributed by atoms with Gasteiger partial charge in [0.15, 0.2) is 11.5 Å². The zero-order valence-corrected chi connectivity index (χ0v) is 19.5. The Morgan fingerprint density at radius 3 is 2.79 bits per heavy atom. The van der Waals surface area contributed by atoms with Crippen molar-refractivity contribution in [2.45, 2.75) is 19.9 Å². The van der Waals surface area contributed by atoms with Gasteiger partial charge in [-0.25, -0.2) is 4.98 Å². The van der Waals surface area contributed by atoms with Gasteiger partial charge in [-0.1, -0.05) is 15.9 Å². The van der Waals surface area contributed by atoms with E-state index < -0.39 is 5.97 Å². The van der Waals surface area contributed by atoms with Crippen LogP contribution in [0.3, 0.4) is 0 Å². The van der Waals surface area contributed by atoms with Crippen molar-refractivity contribution in [1.29, 1.82) is 0 Å². The lowest BCUT2D eigenvalue weighted by Crippen LogP contribution is -2.17. The molecule has 0 aliphatic carbocycles. The van der Waals surface area contributed by atoms with Gasteiger partial charge < -0.3 is 29.9 Å². The summed E-state index contributed by atoms with van der Waals surface area (Å²) in [6, 6.07) is 9.62. The minimum atomic E-state index is -0.833. The Hall–Kier alpha value is -3.37. The van der Waals surface area contributed by atoms with Crippen LogP contribution in [0.5, 0.6) is 11.5 Å². The number of aromatic nitrogens is 3. The normalized spacial score (nSPS) is 12.5. The van der Waals surface area contributed by atoms with Crippen molar-refractivity contribution in [3.8, 4) is 22.8 Å². The van der Waals surface area contributed by atoms with Crippen LogP contribution in [0.2, 0.25) is 0 Å². The number of carboxylic acid groups (broad SMARTS) is 1. The summed E-state index contributed by atoms with van der Waals surface area (Å²) >= 11 is 3.54. The van der Waals surface area contributed by atoms with Crippen molar-refractivity contribution in [2.24, 2.45) is 5.73 Å². The molecule has 0 bridgehead atoms. The van der Waals surface area contributed by atoms with E-state index in [1.54, 1.807) is 12.1 Å². The Balaban J connectivity index is 0.000000601. The van der Waals surface area contributed by atoms with E-state index in [9.17, 15) is 4.79 Å². The second-order valence-electron chi connectivity index (χ2n) is 7.46. The van der Waals surface area contributed by atoms with Crippen LogP contribution in [0, 0.1) is 0 Å². The second-order valence-corrected chi connectivity index (χ2v) is 8.38. The van der Waals surface area contributed by atoms with Crippen LogP contribution in [0.1, 0.15) is 13.3 Å². The van der Waals surface area contributed by atoms with Crippen molar-refractivity contribution in [1.82, 2.24) is 14.5 Å². The number of hydrogen-bond acceptors (Lipinski definition) is 6. The molecule has 2 aromatic heterocycles. The molecule has 0 saturated carbocycles. The highest BCUT2D eigenvalue weighted by Crippen LogP contribution is 2.37. The smallest absolute Gasteiger partial charge is 0.300 e. The van der Waals surface area contributed by atoms with E-state index in [1.165, 1.54) is 0 Å². The maximum absolute atomic E-state index is 12.9. The SMILES string of the molecule is CC(=O)O.NCCCn1cc(-c2nc3c4c(ccc3[nH]c2=O)OCCO4)c2cc(Br)ccc21. The summed E-state index contributed by atoms with van der Waals surface area (Å²) in [5.74, 6) is 0.377. The van der Waals surface area contributed by atoms with E-state index in [0.29, 0.717) is 48.0 Å². The summed E-state index contributed by atoms with van der Waals surface area (Å²) in [6.07, 6.45) is 2.82. The molecule has 0 atom stereocenters. The summed E-state index contributed by atoms with van der Waals surface area (Å²) in [5.41, 5.74) is 8.83. The molecule has 172 valence electrons. The van der Waals surface area contributed by atoms with Crippen LogP contribution in [0.15, 0.2) is 45.8 Å². The minimum Gasteiger partial charge on any atom is -0.486 e.